The topological polar surface area (TPSA) is 34.5 Å². The van der Waals surface area contributed by atoms with Gasteiger partial charge in [0.1, 0.15) is 6.54 Å². The highest BCUT2D eigenvalue weighted by Gasteiger charge is 2.43. The zero-order valence-electron chi connectivity index (χ0n) is 12.9. The van der Waals surface area contributed by atoms with Crippen LogP contribution in [-0.2, 0) is 16.1 Å². The van der Waals surface area contributed by atoms with Crippen LogP contribution in [0.5, 0.6) is 0 Å². The van der Waals surface area contributed by atoms with Crippen LogP contribution in [0.15, 0.2) is 36.5 Å². The molecular formula is C18H22N2O2. The molecule has 116 valence electrons. The molecule has 1 aromatic carbocycles. The Morgan fingerprint density at radius 3 is 2.64 bits per heavy atom. The number of fused-ring (bicyclic) bond motifs is 3. The van der Waals surface area contributed by atoms with Gasteiger partial charge in [0.05, 0.1) is 6.10 Å². The maximum atomic E-state index is 12.8. The largest absolute Gasteiger partial charge is 0.381 e. The summed E-state index contributed by atoms with van der Waals surface area (Å²) in [7, 11) is 1.79. The molecule has 4 heteroatoms. The van der Waals surface area contributed by atoms with Crippen molar-refractivity contribution in [1.29, 1.82) is 0 Å². The van der Waals surface area contributed by atoms with E-state index in [9.17, 15) is 4.79 Å². The number of benzene rings is 1. The van der Waals surface area contributed by atoms with Gasteiger partial charge in [0.15, 0.2) is 0 Å². The maximum absolute atomic E-state index is 12.8. The molecule has 0 N–H and O–H groups in total. The SMILES string of the molecule is COC1CC2CCC(C1)N2C(=O)Cn1ccc2ccccc21. The molecule has 3 heterocycles. The zero-order chi connectivity index (χ0) is 15.1. The molecule has 2 aromatic rings. The Morgan fingerprint density at radius 1 is 1.18 bits per heavy atom. The molecule has 0 spiro atoms. The number of ether oxygens (including phenoxy) is 1. The number of hydrogen-bond acceptors (Lipinski definition) is 2. The van der Waals surface area contributed by atoms with Gasteiger partial charge in [0.25, 0.3) is 0 Å². The van der Waals surface area contributed by atoms with Crippen LogP contribution in [-0.4, -0.2) is 40.7 Å². The summed E-state index contributed by atoms with van der Waals surface area (Å²) >= 11 is 0. The first-order valence-electron chi connectivity index (χ1n) is 8.14. The van der Waals surface area contributed by atoms with Crippen LogP contribution in [0.2, 0.25) is 0 Å². The summed E-state index contributed by atoms with van der Waals surface area (Å²) < 4.78 is 7.59. The van der Waals surface area contributed by atoms with Crippen LogP contribution in [0.4, 0.5) is 0 Å². The molecule has 4 rings (SSSR count). The van der Waals surface area contributed by atoms with Crippen molar-refractivity contribution in [3.63, 3.8) is 0 Å². The third-order valence-electron chi connectivity index (χ3n) is 5.30. The van der Waals surface area contributed by atoms with Crippen LogP contribution in [0.25, 0.3) is 10.9 Å². The van der Waals surface area contributed by atoms with Gasteiger partial charge in [0, 0.05) is 30.9 Å². The Labute approximate surface area is 130 Å². The van der Waals surface area contributed by atoms with Crippen molar-refractivity contribution in [3.05, 3.63) is 36.5 Å². The van der Waals surface area contributed by atoms with E-state index in [0.29, 0.717) is 24.7 Å². The Hall–Kier alpha value is -1.81. The van der Waals surface area contributed by atoms with Crippen molar-refractivity contribution < 1.29 is 9.53 Å². The molecule has 1 aromatic heterocycles. The Balaban J connectivity index is 1.53. The van der Waals surface area contributed by atoms with Crippen molar-refractivity contribution in [2.24, 2.45) is 0 Å². The van der Waals surface area contributed by atoms with Gasteiger partial charge in [-0.2, -0.15) is 0 Å². The number of carbonyl (C=O) groups excluding carboxylic acids is 1. The Kier molecular flexibility index (Phi) is 3.41. The van der Waals surface area contributed by atoms with Gasteiger partial charge >= 0.3 is 0 Å². The number of amides is 1. The van der Waals surface area contributed by atoms with Crippen LogP contribution in [0.1, 0.15) is 25.7 Å². The molecule has 2 bridgehead atoms. The molecule has 22 heavy (non-hydrogen) atoms. The highest BCUT2D eigenvalue weighted by atomic mass is 16.5. The van der Waals surface area contributed by atoms with Crippen molar-refractivity contribution >= 4 is 16.8 Å². The van der Waals surface area contributed by atoms with E-state index in [1.165, 1.54) is 5.39 Å². The van der Waals surface area contributed by atoms with Gasteiger partial charge < -0.3 is 14.2 Å². The Morgan fingerprint density at radius 2 is 1.91 bits per heavy atom. The molecule has 2 aliphatic rings. The lowest BCUT2D eigenvalue weighted by atomic mass is 9.99. The highest BCUT2D eigenvalue weighted by molar-refractivity contribution is 5.83. The zero-order valence-corrected chi connectivity index (χ0v) is 12.9. The number of piperidine rings is 1. The van der Waals surface area contributed by atoms with E-state index in [2.05, 4.69) is 27.7 Å². The summed E-state index contributed by atoms with van der Waals surface area (Å²) in [6, 6.07) is 11.0. The molecule has 0 radical (unpaired) electrons. The first-order valence-corrected chi connectivity index (χ1v) is 8.14. The van der Waals surface area contributed by atoms with E-state index < -0.39 is 0 Å². The number of hydrogen-bond donors (Lipinski definition) is 0. The lowest BCUT2D eigenvalue weighted by molar-refractivity contribution is -0.138. The van der Waals surface area contributed by atoms with Gasteiger partial charge in [-0.25, -0.2) is 0 Å². The predicted molar refractivity (Wildman–Crippen MR) is 85.6 cm³/mol. The monoisotopic (exact) mass is 298 g/mol. The summed E-state index contributed by atoms with van der Waals surface area (Å²) in [6.07, 6.45) is 6.59. The van der Waals surface area contributed by atoms with Crippen molar-refractivity contribution in [3.8, 4) is 0 Å². The van der Waals surface area contributed by atoms with Gasteiger partial charge in [-0.15, -0.1) is 0 Å². The molecule has 2 saturated heterocycles. The second kappa shape index (κ2) is 5.43. The average molecular weight is 298 g/mol. The minimum Gasteiger partial charge on any atom is -0.381 e. The van der Waals surface area contributed by atoms with E-state index in [1.54, 1.807) is 7.11 Å². The second-order valence-corrected chi connectivity index (χ2v) is 6.52. The summed E-state index contributed by atoms with van der Waals surface area (Å²) in [5.41, 5.74) is 1.13. The molecule has 1 amide bonds. The minimum atomic E-state index is 0.253. The second-order valence-electron chi connectivity index (χ2n) is 6.52. The van der Waals surface area contributed by atoms with Gasteiger partial charge in [0.2, 0.25) is 5.91 Å². The maximum Gasteiger partial charge on any atom is 0.243 e. The van der Waals surface area contributed by atoms with E-state index in [1.807, 2.05) is 18.3 Å². The third kappa shape index (κ3) is 2.22. The van der Waals surface area contributed by atoms with E-state index in [0.717, 1.165) is 31.2 Å². The standard InChI is InChI=1S/C18H22N2O2/c1-22-16-10-14-6-7-15(11-16)20(14)18(21)12-19-9-8-13-4-2-3-5-17(13)19/h2-5,8-9,14-16H,6-7,10-12H2,1H3. The van der Waals surface area contributed by atoms with Gasteiger partial charge in [-0.1, -0.05) is 18.2 Å². The van der Waals surface area contributed by atoms with Crippen molar-refractivity contribution in [1.82, 2.24) is 9.47 Å². The minimum absolute atomic E-state index is 0.253. The summed E-state index contributed by atoms with van der Waals surface area (Å²) in [5, 5.41) is 1.19. The molecule has 4 nitrogen and oxygen atoms in total. The number of aromatic nitrogens is 1. The normalized spacial score (nSPS) is 27.5. The molecule has 2 atom stereocenters. The highest BCUT2D eigenvalue weighted by Crippen LogP contribution is 2.37. The Bertz CT molecular complexity index is 679. The van der Waals surface area contributed by atoms with Crippen LogP contribution >= 0.6 is 0 Å². The quantitative estimate of drug-likeness (QED) is 0.873. The van der Waals surface area contributed by atoms with Gasteiger partial charge in [-0.05, 0) is 43.2 Å². The number of carbonyl (C=O) groups is 1. The summed E-state index contributed by atoms with van der Waals surface area (Å²) in [6.45, 7) is 0.443. The number of methoxy groups -OCH3 is 1. The number of nitrogens with zero attached hydrogens (tertiary/aromatic N) is 2. The van der Waals surface area contributed by atoms with Crippen molar-refractivity contribution in [2.75, 3.05) is 7.11 Å². The van der Waals surface area contributed by atoms with E-state index in [-0.39, 0.29) is 5.91 Å². The molecule has 2 unspecified atom stereocenters. The van der Waals surface area contributed by atoms with Crippen molar-refractivity contribution in [2.45, 2.75) is 50.4 Å². The lowest BCUT2D eigenvalue weighted by Gasteiger charge is -2.38. The smallest absolute Gasteiger partial charge is 0.243 e. The lowest BCUT2D eigenvalue weighted by Crippen LogP contribution is -2.49. The molecule has 2 fully saturated rings. The first-order chi connectivity index (χ1) is 10.8. The fraction of sp³-hybridized carbons (Fsp3) is 0.500. The summed E-state index contributed by atoms with van der Waals surface area (Å²) in [4.78, 5) is 15.0. The number of rotatable bonds is 3. The molecule has 0 saturated carbocycles. The third-order valence-corrected chi connectivity index (χ3v) is 5.30. The van der Waals surface area contributed by atoms with Crippen LogP contribution in [0.3, 0.4) is 0 Å². The first kappa shape index (κ1) is 13.8. The fourth-order valence-electron chi connectivity index (χ4n) is 4.23. The van der Waals surface area contributed by atoms with Gasteiger partial charge in [-0.3, -0.25) is 4.79 Å². The summed E-state index contributed by atoms with van der Waals surface area (Å²) in [5.74, 6) is 0.253. The molecule has 2 aliphatic heterocycles. The predicted octanol–water partition coefficient (Wildman–Crippen LogP) is 2.81. The molecule has 0 aliphatic carbocycles. The van der Waals surface area contributed by atoms with Crippen LogP contribution in [0, 0.1) is 0 Å². The fourth-order valence-corrected chi connectivity index (χ4v) is 4.23. The van der Waals surface area contributed by atoms with Crippen LogP contribution < -0.4 is 0 Å². The average Bonchev–Trinajstić information content (AvgIpc) is 3.06. The number of para-hydroxylation sites is 1. The van der Waals surface area contributed by atoms with E-state index in [4.69, 9.17) is 4.74 Å². The molecular weight excluding hydrogens is 276 g/mol. The van der Waals surface area contributed by atoms with E-state index >= 15 is 0 Å².